The van der Waals surface area contributed by atoms with Crippen LogP contribution in [0.3, 0.4) is 0 Å². The molecule has 3 rings (SSSR count). The molecule has 10 heteroatoms. The minimum atomic E-state index is -1.86. The molecular weight excluding hydrogens is 464 g/mol. The highest BCUT2D eigenvalue weighted by molar-refractivity contribution is 6.71. The van der Waals surface area contributed by atoms with E-state index < -0.39 is 8.32 Å². The van der Waals surface area contributed by atoms with Crippen molar-refractivity contribution in [2.24, 2.45) is 10.2 Å². The summed E-state index contributed by atoms with van der Waals surface area (Å²) >= 11 is 0. The molecule has 0 radical (unpaired) electrons. The maximum atomic E-state index is 12.4. The predicted molar refractivity (Wildman–Crippen MR) is 134 cm³/mol. The van der Waals surface area contributed by atoms with Crippen LogP contribution in [0.4, 0.5) is 9.59 Å². The van der Waals surface area contributed by atoms with E-state index in [1.54, 1.807) is 9.80 Å². The number of carbonyl (C=O) groups is 2. The van der Waals surface area contributed by atoms with Gasteiger partial charge in [0.25, 0.3) is 0 Å². The molecule has 2 amide bonds. The summed E-state index contributed by atoms with van der Waals surface area (Å²) in [5.74, 6) is 2.64. The van der Waals surface area contributed by atoms with E-state index in [4.69, 9.17) is 20.3 Å². The third-order valence-corrected chi connectivity index (χ3v) is 8.74. The average molecular weight is 501 g/mol. The number of benzene rings is 1. The van der Waals surface area contributed by atoms with Gasteiger partial charge in [-0.15, -0.1) is 12.3 Å². The third kappa shape index (κ3) is 9.00. The smallest absolute Gasteiger partial charge is 0.410 e. The Balaban J connectivity index is 1.25. The molecule has 0 saturated carbocycles. The Morgan fingerprint density at radius 1 is 1.00 bits per heavy atom. The summed E-state index contributed by atoms with van der Waals surface area (Å²) in [7, 11) is -1.86. The van der Waals surface area contributed by atoms with E-state index >= 15 is 0 Å². The summed E-state index contributed by atoms with van der Waals surface area (Å²) in [5.41, 5.74) is 0.632. The van der Waals surface area contributed by atoms with Crippen molar-refractivity contribution in [3.63, 3.8) is 0 Å². The maximum absolute atomic E-state index is 12.4. The Kier molecular flexibility index (Phi) is 9.69. The number of rotatable bonds is 12. The van der Waals surface area contributed by atoms with Crippen LogP contribution >= 0.6 is 0 Å². The number of nitrogens with zero attached hydrogens (tertiary/aromatic N) is 4. The topological polar surface area (TPSA) is 93.0 Å². The molecule has 1 saturated heterocycles. The molecule has 0 spiro atoms. The Hall–Kier alpha value is -2.90. The fourth-order valence-electron chi connectivity index (χ4n) is 3.86. The van der Waals surface area contributed by atoms with E-state index in [9.17, 15) is 9.59 Å². The van der Waals surface area contributed by atoms with E-state index in [1.807, 2.05) is 30.3 Å². The molecule has 1 aromatic carbocycles. The lowest BCUT2D eigenvalue weighted by molar-refractivity contribution is 0.0580. The average Bonchev–Trinajstić information content (AvgIpc) is 3.64. The van der Waals surface area contributed by atoms with Crippen molar-refractivity contribution in [1.82, 2.24) is 9.80 Å². The van der Waals surface area contributed by atoms with Gasteiger partial charge in [0.05, 0.1) is 6.61 Å². The van der Waals surface area contributed by atoms with Gasteiger partial charge >= 0.3 is 12.2 Å². The van der Waals surface area contributed by atoms with Gasteiger partial charge in [0.15, 0.2) is 14.0 Å². The lowest BCUT2D eigenvalue weighted by atomic mass is 10.1. The first-order chi connectivity index (χ1) is 16.8. The summed E-state index contributed by atoms with van der Waals surface area (Å²) in [6, 6.07) is 10.5. The summed E-state index contributed by atoms with van der Waals surface area (Å²) < 4.78 is 17.0. The lowest BCUT2D eigenvalue weighted by Crippen LogP contribution is -2.50. The van der Waals surface area contributed by atoms with Gasteiger partial charge in [0.2, 0.25) is 0 Å². The maximum Gasteiger partial charge on any atom is 0.410 e. The van der Waals surface area contributed by atoms with Crippen LogP contribution in [0.15, 0.2) is 40.6 Å². The SMILES string of the molecule is C#CCCC1(CCO[Si](C)(C)CCCOC(=O)N2CCN(C(=O)OCc3ccccc3)CC2)N=N1. The second-order valence-corrected chi connectivity index (χ2v) is 13.8. The molecule has 0 N–H and O–H groups in total. The second kappa shape index (κ2) is 12.7. The molecule has 0 atom stereocenters. The molecule has 2 aliphatic rings. The van der Waals surface area contributed by atoms with Crippen molar-refractivity contribution < 1.29 is 23.5 Å². The number of piperazine rings is 1. The number of terminal acetylenes is 1. The van der Waals surface area contributed by atoms with Gasteiger partial charge in [0, 0.05) is 52.0 Å². The van der Waals surface area contributed by atoms with Gasteiger partial charge in [-0.3, -0.25) is 0 Å². The standard InChI is InChI=1S/C25H36N4O5Si/c1-4-5-12-25(26-27-25)13-19-34-35(2,3)20-9-18-32-23(30)28-14-16-29(17-15-28)24(31)33-21-22-10-7-6-8-11-22/h1,6-8,10-11H,5,9,12-21H2,2-3H3. The van der Waals surface area contributed by atoms with E-state index in [-0.39, 0.29) is 24.5 Å². The first kappa shape index (κ1) is 26.7. The molecule has 0 aliphatic carbocycles. The lowest BCUT2D eigenvalue weighted by Gasteiger charge is -2.33. The molecule has 0 bridgehead atoms. The van der Waals surface area contributed by atoms with E-state index in [2.05, 4.69) is 29.2 Å². The van der Waals surface area contributed by atoms with E-state index in [0.717, 1.165) is 30.9 Å². The monoisotopic (exact) mass is 500 g/mol. The normalized spacial score (nSPS) is 16.5. The van der Waals surface area contributed by atoms with Crippen molar-refractivity contribution in [2.45, 2.75) is 57.1 Å². The van der Waals surface area contributed by atoms with Crippen LogP contribution < -0.4 is 0 Å². The van der Waals surface area contributed by atoms with Crippen LogP contribution in [0.1, 0.15) is 31.2 Å². The van der Waals surface area contributed by atoms with Crippen molar-refractivity contribution in [1.29, 1.82) is 0 Å². The molecule has 35 heavy (non-hydrogen) atoms. The van der Waals surface area contributed by atoms with Gasteiger partial charge < -0.3 is 23.7 Å². The van der Waals surface area contributed by atoms with Crippen LogP contribution in [-0.2, 0) is 20.5 Å². The van der Waals surface area contributed by atoms with Crippen LogP contribution in [0.25, 0.3) is 0 Å². The molecule has 1 aromatic rings. The van der Waals surface area contributed by atoms with Crippen LogP contribution in [0, 0.1) is 12.3 Å². The Morgan fingerprint density at radius 3 is 2.23 bits per heavy atom. The zero-order valence-corrected chi connectivity index (χ0v) is 21.8. The van der Waals surface area contributed by atoms with Gasteiger partial charge in [0.1, 0.15) is 6.61 Å². The van der Waals surface area contributed by atoms with Gasteiger partial charge in [-0.05, 0) is 31.1 Å². The zero-order valence-electron chi connectivity index (χ0n) is 20.8. The fraction of sp³-hybridized carbons (Fsp3) is 0.600. The highest BCUT2D eigenvalue weighted by Crippen LogP contribution is 2.36. The number of ether oxygens (including phenoxy) is 2. The first-order valence-electron chi connectivity index (χ1n) is 12.2. The minimum absolute atomic E-state index is 0.239. The van der Waals surface area contributed by atoms with Crippen LogP contribution in [0.5, 0.6) is 0 Å². The van der Waals surface area contributed by atoms with E-state index in [0.29, 0.717) is 45.8 Å². The summed E-state index contributed by atoms with van der Waals surface area (Å²) in [6.45, 7) is 7.27. The van der Waals surface area contributed by atoms with Crippen LogP contribution in [-0.4, -0.2) is 75.4 Å². The molecular formula is C25H36N4O5Si. The van der Waals surface area contributed by atoms with Crippen LogP contribution in [0.2, 0.25) is 19.1 Å². The number of hydrogen-bond acceptors (Lipinski definition) is 7. The quantitative estimate of drug-likeness (QED) is 0.236. The number of amides is 2. The fourth-order valence-corrected chi connectivity index (χ4v) is 5.66. The first-order valence-corrected chi connectivity index (χ1v) is 15.3. The third-order valence-electron chi connectivity index (χ3n) is 6.20. The van der Waals surface area contributed by atoms with Crippen molar-refractivity contribution >= 4 is 20.5 Å². The summed E-state index contributed by atoms with van der Waals surface area (Å²) in [4.78, 5) is 27.9. The Labute approximate surface area is 208 Å². The number of carbonyl (C=O) groups excluding carboxylic acids is 2. The molecule has 0 aromatic heterocycles. The molecule has 2 aliphatic heterocycles. The number of hydrogen-bond donors (Lipinski definition) is 0. The minimum Gasteiger partial charge on any atom is -0.449 e. The Bertz CT molecular complexity index is 904. The highest BCUT2D eigenvalue weighted by Gasteiger charge is 2.39. The van der Waals surface area contributed by atoms with Crippen molar-refractivity contribution in [3.05, 3.63) is 35.9 Å². The Morgan fingerprint density at radius 2 is 1.63 bits per heavy atom. The van der Waals surface area contributed by atoms with Gasteiger partial charge in [-0.1, -0.05) is 30.3 Å². The molecule has 9 nitrogen and oxygen atoms in total. The second-order valence-electron chi connectivity index (χ2n) is 9.48. The van der Waals surface area contributed by atoms with Crippen molar-refractivity contribution in [3.8, 4) is 12.3 Å². The van der Waals surface area contributed by atoms with E-state index in [1.165, 1.54) is 0 Å². The largest absolute Gasteiger partial charge is 0.449 e. The molecule has 0 unspecified atom stereocenters. The molecule has 190 valence electrons. The predicted octanol–water partition coefficient (Wildman–Crippen LogP) is 4.65. The van der Waals surface area contributed by atoms with Crippen molar-refractivity contribution in [2.75, 3.05) is 39.4 Å². The summed E-state index contributed by atoms with van der Waals surface area (Å²) in [5, 5.41) is 8.28. The van der Waals surface area contributed by atoms with Gasteiger partial charge in [-0.2, -0.15) is 10.2 Å². The van der Waals surface area contributed by atoms with Gasteiger partial charge in [-0.25, -0.2) is 9.59 Å². The summed E-state index contributed by atoms with van der Waals surface area (Å²) in [6.07, 6.45) is 7.62. The molecule has 2 heterocycles. The highest BCUT2D eigenvalue weighted by atomic mass is 28.4. The zero-order chi connectivity index (χ0) is 25.2. The molecule has 1 fully saturated rings.